The van der Waals surface area contributed by atoms with Crippen molar-refractivity contribution in [2.75, 3.05) is 17.3 Å². The van der Waals surface area contributed by atoms with Crippen molar-refractivity contribution < 1.29 is 4.79 Å². The molecule has 3 aliphatic heterocycles. The molecular formula is C22H16Cl2N2OS2. The van der Waals surface area contributed by atoms with Gasteiger partial charge in [0.1, 0.15) is 0 Å². The molecule has 0 spiro atoms. The van der Waals surface area contributed by atoms with Crippen LogP contribution in [0.15, 0.2) is 70.4 Å². The van der Waals surface area contributed by atoms with E-state index in [0.29, 0.717) is 10.8 Å². The normalized spacial score (nSPS) is 22.6. The molecule has 1 fully saturated rings. The van der Waals surface area contributed by atoms with Gasteiger partial charge in [-0.2, -0.15) is 11.8 Å². The van der Waals surface area contributed by atoms with Gasteiger partial charge in [-0.1, -0.05) is 59.2 Å². The van der Waals surface area contributed by atoms with Crippen LogP contribution in [0.5, 0.6) is 0 Å². The third-order valence-corrected chi connectivity index (χ3v) is 7.59. The van der Waals surface area contributed by atoms with Gasteiger partial charge in [-0.05, 0) is 52.6 Å². The first-order chi connectivity index (χ1) is 14.1. The second kappa shape index (κ2) is 7.88. The maximum absolute atomic E-state index is 12.7. The van der Waals surface area contributed by atoms with E-state index in [1.54, 1.807) is 0 Å². The number of carbonyl (C=O) groups is 1. The van der Waals surface area contributed by atoms with E-state index in [9.17, 15) is 4.79 Å². The van der Waals surface area contributed by atoms with Gasteiger partial charge in [-0.3, -0.25) is 9.69 Å². The molecule has 2 aromatic rings. The predicted molar refractivity (Wildman–Crippen MR) is 125 cm³/mol. The topological polar surface area (TPSA) is 32.7 Å². The summed E-state index contributed by atoms with van der Waals surface area (Å²) in [6.45, 7) is 0. The van der Waals surface area contributed by atoms with Crippen LogP contribution in [0.2, 0.25) is 10.0 Å². The number of nitrogens with zero attached hydrogens (tertiary/aromatic N) is 2. The van der Waals surface area contributed by atoms with Crippen molar-refractivity contribution in [1.82, 2.24) is 4.90 Å². The van der Waals surface area contributed by atoms with E-state index in [0.717, 1.165) is 38.5 Å². The zero-order chi connectivity index (χ0) is 20.0. The lowest BCUT2D eigenvalue weighted by atomic mass is 9.92. The molecule has 1 unspecified atom stereocenters. The number of carbonyl (C=O) groups excluding carboxylic acids is 1. The average molecular weight is 459 g/mol. The van der Waals surface area contributed by atoms with Crippen molar-refractivity contribution >= 4 is 63.9 Å². The van der Waals surface area contributed by atoms with Crippen LogP contribution in [0.3, 0.4) is 0 Å². The fourth-order valence-electron chi connectivity index (χ4n) is 3.80. The number of benzene rings is 2. The number of aliphatic imine (C=N–C) groups is 1. The van der Waals surface area contributed by atoms with Crippen molar-refractivity contribution in [2.24, 2.45) is 4.99 Å². The maximum atomic E-state index is 12.7. The van der Waals surface area contributed by atoms with Gasteiger partial charge >= 0.3 is 0 Å². The van der Waals surface area contributed by atoms with Crippen molar-refractivity contribution in [3.8, 4) is 0 Å². The maximum Gasteiger partial charge on any atom is 0.239 e. The zero-order valence-electron chi connectivity index (χ0n) is 15.3. The van der Waals surface area contributed by atoms with E-state index >= 15 is 0 Å². The van der Waals surface area contributed by atoms with E-state index in [1.807, 2.05) is 65.2 Å². The Labute approximate surface area is 187 Å². The highest BCUT2D eigenvalue weighted by Gasteiger charge is 2.42. The molecule has 7 heteroatoms. The summed E-state index contributed by atoms with van der Waals surface area (Å²) in [6.07, 6.45) is 2.18. The Hall–Kier alpha value is -1.66. The van der Waals surface area contributed by atoms with Crippen molar-refractivity contribution in [1.29, 1.82) is 0 Å². The first-order valence-electron chi connectivity index (χ1n) is 9.16. The molecule has 0 N–H and O–H groups in total. The minimum atomic E-state index is -0.126. The number of hydrogen-bond acceptors (Lipinski definition) is 4. The van der Waals surface area contributed by atoms with Gasteiger partial charge in [-0.25, -0.2) is 4.99 Å². The second-order valence-electron chi connectivity index (χ2n) is 6.99. The number of thioether (sulfide) groups is 2. The van der Waals surface area contributed by atoms with Gasteiger partial charge in [0.2, 0.25) is 5.91 Å². The molecular weight excluding hydrogens is 443 g/mol. The molecule has 3 aliphatic rings. The molecule has 0 saturated carbocycles. The van der Waals surface area contributed by atoms with Crippen LogP contribution in [0.1, 0.15) is 17.2 Å². The number of halogens is 2. The largest absolute Gasteiger partial charge is 0.279 e. The van der Waals surface area contributed by atoms with E-state index < -0.39 is 0 Å². The SMILES string of the molecule is O=C1CSC2=NC3=C(CSC/C3=C/c3ccc(Cl)cc3)C(c3ccc(Cl)cc3)N12. The molecule has 0 bridgehead atoms. The lowest BCUT2D eigenvalue weighted by molar-refractivity contribution is -0.125. The third-order valence-electron chi connectivity index (χ3n) is 5.12. The lowest BCUT2D eigenvalue weighted by Gasteiger charge is -2.37. The molecule has 0 aliphatic carbocycles. The summed E-state index contributed by atoms with van der Waals surface area (Å²) in [5.74, 6) is 2.29. The van der Waals surface area contributed by atoms with E-state index in [1.165, 1.54) is 22.9 Å². The Balaban J connectivity index is 1.64. The van der Waals surface area contributed by atoms with Crippen molar-refractivity contribution in [2.45, 2.75) is 6.04 Å². The van der Waals surface area contributed by atoms with Crippen LogP contribution in [-0.2, 0) is 4.79 Å². The highest BCUT2D eigenvalue weighted by atomic mass is 35.5. The quantitative estimate of drug-likeness (QED) is 0.547. The number of fused-ring (bicyclic) bond motifs is 1. The first-order valence-corrected chi connectivity index (χ1v) is 12.1. The molecule has 3 nitrogen and oxygen atoms in total. The lowest BCUT2D eigenvalue weighted by Crippen LogP contribution is -2.39. The Morgan fingerprint density at radius 3 is 2.38 bits per heavy atom. The number of rotatable bonds is 2. The van der Waals surface area contributed by atoms with Crippen LogP contribution in [0, 0.1) is 0 Å². The summed E-state index contributed by atoms with van der Waals surface area (Å²) >= 11 is 15.5. The Kier molecular flexibility index (Phi) is 5.25. The second-order valence-corrected chi connectivity index (χ2v) is 9.79. The minimum Gasteiger partial charge on any atom is -0.279 e. The monoisotopic (exact) mass is 458 g/mol. The molecule has 29 heavy (non-hydrogen) atoms. The molecule has 2 aromatic carbocycles. The molecule has 1 atom stereocenters. The van der Waals surface area contributed by atoms with Gasteiger partial charge in [0.15, 0.2) is 5.17 Å². The van der Waals surface area contributed by atoms with Crippen LogP contribution in [0.25, 0.3) is 6.08 Å². The molecule has 3 heterocycles. The van der Waals surface area contributed by atoms with Crippen LogP contribution in [-0.4, -0.2) is 33.2 Å². The summed E-state index contributed by atoms with van der Waals surface area (Å²) in [7, 11) is 0. The Bertz CT molecular complexity index is 1070. The van der Waals surface area contributed by atoms with Crippen LogP contribution in [0.4, 0.5) is 0 Å². The Morgan fingerprint density at radius 1 is 0.966 bits per heavy atom. The summed E-state index contributed by atoms with van der Waals surface area (Å²) in [6, 6.07) is 15.5. The predicted octanol–water partition coefficient (Wildman–Crippen LogP) is 6.06. The molecule has 5 rings (SSSR count). The smallest absolute Gasteiger partial charge is 0.239 e. The van der Waals surface area contributed by atoms with E-state index in [2.05, 4.69) is 6.08 Å². The number of amidine groups is 1. The molecule has 0 radical (unpaired) electrons. The average Bonchev–Trinajstić information content (AvgIpc) is 3.10. The van der Waals surface area contributed by atoms with Gasteiger partial charge in [0.25, 0.3) is 0 Å². The molecule has 0 aromatic heterocycles. The number of amides is 1. The van der Waals surface area contributed by atoms with Crippen LogP contribution < -0.4 is 0 Å². The van der Waals surface area contributed by atoms with Crippen LogP contribution >= 0.6 is 46.7 Å². The first kappa shape index (κ1) is 19.3. The standard InChI is InChI=1S/C22H16Cl2N2OS2/c23-16-5-1-13(2-6-16)9-15-10-28-11-18-20(15)25-22-26(19(27)12-29-22)21(18)14-3-7-17(24)8-4-14/h1-9,21H,10-12H2/b15-9-. The fourth-order valence-corrected chi connectivity index (χ4v) is 6.00. The molecule has 146 valence electrons. The molecule has 1 amide bonds. The van der Waals surface area contributed by atoms with E-state index in [-0.39, 0.29) is 11.9 Å². The highest BCUT2D eigenvalue weighted by molar-refractivity contribution is 8.15. The highest BCUT2D eigenvalue weighted by Crippen LogP contribution is 2.46. The summed E-state index contributed by atoms with van der Waals surface area (Å²) < 4.78 is 0. The van der Waals surface area contributed by atoms with Gasteiger partial charge in [0, 0.05) is 21.6 Å². The van der Waals surface area contributed by atoms with Crippen molar-refractivity contribution in [3.05, 3.63) is 86.5 Å². The minimum absolute atomic E-state index is 0.110. The zero-order valence-corrected chi connectivity index (χ0v) is 18.4. The Morgan fingerprint density at radius 2 is 1.66 bits per heavy atom. The summed E-state index contributed by atoms with van der Waals surface area (Å²) in [5.41, 5.74) is 5.55. The molecule has 1 saturated heterocycles. The van der Waals surface area contributed by atoms with Gasteiger partial charge in [0.05, 0.1) is 17.5 Å². The van der Waals surface area contributed by atoms with Crippen molar-refractivity contribution in [3.63, 3.8) is 0 Å². The summed E-state index contributed by atoms with van der Waals surface area (Å²) in [4.78, 5) is 19.5. The van der Waals surface area contributed by atoms with Gasteiger partial charge in [-0.15, -0.1) is 0 Å². The summed E-state index contributed by atoms with van der Waals surface area (Å²) in [5, 5.41) is 2.21. The fraction of sp³-hybridized carbons (Fsp3) is 0.182. The van der Waals surface area contributed by atoms with Gasteiger partial charge < -0.3 is 0 Å². The third kappa shape index (κ3) is 3.66. The van der Waals surface area contributed by atoms with E-state index in [4.69, 9.17) is 28.2 Å². The number of allylic oxidation sites excluding steroid dienone is 1. The number of hydrogen-bond donors (Lipinski definition) is 0.